The third kappa shape index (κ3) is 8.93. The summed E-state index contributed by atoms with van der Waals surface area (Å²) in [7, 11) is 0. The van der Waals surface area contributed by atoms with Crippen LogP contribution in [0, 0.1) is 35.5 Å². The van der Waals surface area contributed by atoms with Crippen LogP contribution in [0.4, 0.5) is 0 Å². The molecule has 328 valence electrons. The van der Waals surface area contributed by atoms with Crippen LogP contribution in [-0.4, -0.2) is 110 Å². The van der Waals surface area contributed by atoms with E-state index in [1.807, 2.05) is 19.9 Å². The van der Waals surface area contributed by atoms with E-state index in [0.717, 1.165) is 57.6 Å². The molecule has 18 unspecified atom stereocenters. The Labute approximate surface area is 344 Å². The fourth-order valence-electron chi connectivity index (χ4n) is 11.1. The van der Waals surface area contributed by atoms with E-state index < -0.39 is 59.8 Å². The quantitative estimate of drug-likeness (QED) is 0.131. The standard InChI is InChI=1S/C45H70O13/c1-25-21-35(54-45(24-25)36(47)12-13-37(56-45)55-42(7,51)41(49)50)26(2)10-11-32-16-18-43(53-32)17-15-31-23-33(30(6)38(48)40(31)57-43)34(46)22-28(4)39-27(3)14-19-44(58-39)29(5)9-8-20-52-44/h10-11,24,26-29,31-40,46-48,51H,6,8-9,12-23H2,1-5,7H3,(H,49,50). The lowest BCUT2D eigenvalue weighted by Gasteiger charge is -2.51. The van der Waals surface area contributed by atoms with E-state index in [4.69, 9.17) is 33.2 Å². The number of hydrogen-bond acceptors (Lipinski definition) is 12. The first-order valence-electron chi connectivity index (χ1n) is 22.1. The highest BCUT2D eigenvalue weighted by atomic mass is 16.8. The van der Waals surface area contributed by atoms with Crippen LogP contribution < -0.4 is 0 Å². The highest BCUT2D eigenvalue weighted by molar-refractivity contribution is 5.74. The summed E-state index contributed by atoms with van der Waals surface area (Å²) in [4.78, 5) is 11.5. The molecule has 7 aliphatic rings. The lowest BCUT2D eigenvalue weighted by molar-refractivity contribution is -0.383. The van der Waals surface area contributed by atoms with Crippen molar-refractivity contribution in [2.24, 2.45) is 35.5 Å². The number of carbonyl (C=O) groups is 1. The topological polar surface area (TPSA) is 183 Å². The molecule has 0 aromatic rings. The summed E-state index contributed by atoms with van der Waals surface area (Å²) in [5.41, 5.74) is 1.58. The van der Waals surface area contributed by atoms with Crippen LogP contribution in [0.3, 0.4) is 0 Å². The van der Waals surface area contributed by atoms with E-state index in [1.54, 1.807) is 6.08 Å². The van der Waals surface area contributed by atoms with Gasteiger partial charge in [-0.15, -0.1) is 0 Å². The number of fused-ring (bicyclic) bond motifs is 1. The zero-order chi connectivity index (χ0) is 41.8. The van der Waals surface area contributed by atoms with Crippen molar-refractivity contribution in [3.8, 4) is 0 Å². The molecule has 1 saturated carbocycles. The predicted octanol–water partition coefficient (Wildman–Crippen LogP) is 5.87. The van der Waals surface area contributed by atoms with Gasteiger partial charge < -0.3 is 58.7 Å². The average Bonchev–Trinajstić information content (AvgIpc) is 3.57. The van der Waals surface area contributed by atoms with Crippen LogP contribution in [0.1, 0.15) is 125 Å². The molecule has 3 spiro atoms. The van der Waals surface area contributed by atoms with E-state index in [2.05, 4.69) is 33.4 Å². The van der Waals surface area contributed by atoms with Gasteiger partial charge in [0.25, 0.3) is 5.79 Å². The number of carboxylic acids is 1. The number of ether oxygens (including phenoxy) is 7. The van der Waals surface area contributed by atoms with Gasteiger partial charge in [-0.3, -0.25) is 0 Å². The molecule has 7 rings (SSSR count). The Kier molecular flexibility index (Phi) is 13.1. The summed E-state index contributed by atoms with van der Waals surface area (Å²) >= 11 is 0. The van der Waals surface area contributed by atoms with Crippen LogP contribution >= 0.6 is 0 Å². The van der Waals surface area contributed by atoms with Gasteiger partial charge in [0.15, 0.2) is 17.9 Å². The third-order valence-corrected chi connectivity index (χ3v) is 14.7. The van der Waals surface area contributed by atoms with Gasteiger partial charge in [-0.1, -0.05) is 52.0 Å². The lowest BCUT2D eigenvalue weighted by atomic mass is 9.68. The van der Waals surface area contributed by atoms with Crippen molar-refractivity contribution < 1.29 is 63.5 Å². The number of aliphatic carboxylic acids is 1. The Balaban J connectivity index is 0.922. The van der Waals surface area contributed by atoms with Crippen LogP contribution in [-0.2, 0) is 38.0 Å². The average molecular weight is 819 g/mol. The molecule has 6 heterocycles. The number of carboxylic acid groups (broad SMARTS) is 1. The number of rotatable bonds is 10. The minimum atomic E-state index is -2.46. The molecule has 5 N–H and O–H groups in total. The second kappa shape index (κ2) is 17.2. The van der Waals surface area contributed by atoms with Gasteiger partial charge >= 0.3 is 5.97 Å². The molecule has 6 aliphatic heterocycles. The van der Waals surface area contributed by atoms with Crippen molar-refractivity contribution in [2.75, 3.05) is 6.61 Å². The Morgan fingerprint density at radius 1 is 1.03 bits per heavy atom. The first kappa shape index (κ1) is 44.3. The van der Waals surface area contributed by atoms with Gasteiger partial charge in [-0.2, -0.15) is 0 Å². The Bertz CT molecular complexity index is 1550. The van der Waals surface area contributed by atoms with Crippen LogP contribution in [0.5, 0.6) is 0 Å². The lowest BCUT2D eigenvalue weighted by Crippen LogP contribution is -2.57. The second-order valence-corrected chi connectivity index (χ2v) is 19.3. The van der Waals surface area contributed by atoms with Gasteiger partial charge in [-0.25, -0.2) is 4.79 Å². The van der Waals surface area contributed by atoms with E-state index in [1.165, 1.54) is 0 Å². The molecule has 0 radical (unpaired) electrons. The molecule has 13 nitrogen and oxygen atoms in total. The highest BCUT2D eigenvalue weighted by Gasteiger charge is 2.55. The normalized spacial score (nSPS) is 46.1. The van der Waals surface area contributed by atoms with Crippen molar-refractivity contribution in [3.05, 3.63) is 36.0 Å². The Hall–Kier alpha value is -1.75. The van der Waals surface area contributed by atoms with Crippen molar-refractivity contribution in [1.29, 1.82) is 0 Å². The zero-order valence-corrected chi connectivity index (χ0v) is 35.4. The van der Waals surface area contributed by atoms with Crippen LogP contribution in [0.15, 0.2) is 36.0 Å². The first-order chi connectivity index (χ1) is 27.3. The fourth-order valence-corrected chi connectivity index (χ4v) is 11.1. The molecule has 0 aromatic carbocycles. The third-order valence-electron chi connectivity index (χ3n) is 14.7. The summed E-state index contributed by atoms with van der Waals surface area (Å²) in [6.07, 6.45) is 10.5. The van der Waals surface area contributed by atoms with Crippen molar-refractivity contribution in [1.82, 2.24) is 0 Å². The van der Waals surface area contributed by atoms with E-state index in [-0.39, 0.29) is 54.8 Å². The van der Waals surface area contributed by atoms with Gasteiger partial charge in [0, 0.05) is 50.4 Å². The molecular weight excluding hydrogens is 748 g/mol. The van der Waals surface area contributed by atoms with Gasteiger partial charge in [0.1, 0.15) is 12.2 Å². The highest BCUT2D eigenvalue weighted by Crippen LogP contribution is 2.51. The maximum absolute atomic E-state index is 11.7. The summed E-state index contributed by atoms with van der Waals surface area (Å²) < 4.78 is 44.3. The van der Waals surface area contributed by atoms with E-state index in [0.29, 0.717) is 49.5 Å². The first-order valence-corrected chi connectivity index (χ1v) is 22.1. The molecule has 0 aromatic heterocycles. The summed E-state index contributed by atoms with van der Waals surface area (Å²) in [5.74, 6) is -6.29. The molecule has 0 amide bonds. The monoisotopic (exact) mass is 818 g/mol. The minimum absolute atomic E-state index is 0.00757. The maximum atomic E-state index is 11.7. The SMILES string of the molecule is C=C1C(O)C2OC3(CCC(C=CC(C)C4CC(C)=CC5(OC(OC(C)(O)C(=O)O)CCC5O)O4)O3)CCC2CC1C(O)CC(C)C1OC2(CCC1C)OCCCC2C. The largest absolute Gasteiger partial charge is 0.477 e. The number of aliphatic hydroxyl groups excluding tert-OH is 3. The van der Waals surface area contributed by atoms with Crippen molar-refractivity contribution in [2.45, 2.75) is 197 Å². The maximum Gasteiger partial charge on any atom is 0.363 e. The molecule has 5 saturated heterocycles. The van der Waals surface area contributed by atoms with E-state index in [9.17, 15) is 30.3 Å². The fraction of sp³-hybridized carbons (Fsp3) is 0.844. The van der Waals surface area contributed by atoms with Crippen molar-refractivity contribution in [3.63, 3.8) is 0 Å². The summed E-state index contributed by atoms with van der Waals surface area (Å²) in [5, 5.41) is 53.9. The molecule has 18 atom stereocenters. The van der Waals surface area contributed by atoms with Crippen LogP contribution in [0.25, 0.3) is 0 Å². The van der Waals surface area contributed by atoms with E-state index >= 15 is 0 Å². The molecule has 6 fully saturated rings. The smallest absolute Gasteiger partial charge is 0.363 e. The zero-order valence-electron chi connectivity index (χ0n) is 35.4. The minimum Gasteiger partial charge on any atom is -0.477 e. The second-order valence-electron chi connectivity index (χ2n) is 19.3. The number of hydrogen-bond donors (Lipinski definition) is 5. The van der Waals surface area contributed by atoms with Gasteiger partial charge in [-0.05, 0) is 94.1 Å². The predicted molar refractivity (Wildman–Crippen MR) is 212 cm³/mol. The summed E-state index contributed by atoms with van der Waals surface area (Å²) in [6.45, 7) is 16.7. The van der Waals surface area contributed by atoms with Crippen molar-refractivity contribution >= 4 is 5.97 Å². The van der Waals surface area contributed by atoms with Gasteiger partial charge in [0.2, 0.25) is 5.79 Å². The molecular formula is C45H70O13. The molecule has 58 heavy (non-hydrogen) atoms. The van der Waals surface area contributed by atoms with Crippen LogP contribution in [0.2, 0.25) is 0 Å². The Morgan fingerprint density at radius 3 is 2.53 bits per heavy atom. The summed E-state index contributed by atoms with van der Waals surface area (Å²) in [6, 6.07) is 0. The molecule has 1 aliphatic carbocycles. The molecule has 0 bridgehead atoms. The number of aliphatic hydroxyl groups is 4. The van der Waals surface area contributed by atoms with Gasteiger partial charge in [0.05, 0.1) is 37.1 Å². The Morgan fingerprint density at radius 2 is 1.79 bits per heavy atom. The molecule has 13 heteroatoms.